The van der Waals surface area contributed by atoms with Gasteiger partial charge in [-0.25, -0.2) is 4.98 Å². The third kappa shape index (κ3) is 3.05. The molecule has 6 nitrogen and oxygen atoms in total. The quantitative estimate of drug-likeness (QED) is 0.674. The summed E-state index contributed by atoms with van der Waals surface area (Å²) in [6.07, 6.45) is 0.822. The zero-order chi connectivity index (χ0) is 13.8. The molecule has 0 saturated heterocycles. The monoisotopic (exact) mass is 260 g/mol. The summed E-state index contributed by atoms with van der Waals surface area (Å²) in [5, 5.41) is 20.3. The Hall–Kier alpha value is -2.47. The highest BCUT2D eigenvalue weighted by Crippen LogP contribution is 2.30. The zero-order valence-corrected chi connectivity index (χ0v) is 10.2. The Morgan fingerprint density at radius 2 is 2.11 bits per heavy atom. The fraction of sp³-hybridized carbons (Fsp3) is 0.154. The van der Waals surface area contributed by atoms with Crippen LogP contribution in [0.5, 0.6) is 11.6 Å². The highest BCUT2D eigenvalue weighted by molar-refractivity contribution is 5.47. The Kier molecular flexibility index (Phi) is 3.72. The van der Waals surface area contributed by atoms with Crippen molar-refractivity contribution in [2.24, 2.45) is 0 Å². The minimum atomic E-state index is -0.656. The van der Waals surface area contributed by atoms with Crippen molar-refractivity contribution in [1.29, 1.82) is 0 Å². The number of ether oxygens (including phenoxy) is 1. The van der Waals surface area contributed by atoms with E-state index in [1.54, 1.807) is 31.2 Å². The Labute approximate surface area is 109 Å². The molecule has 0 aliphatic heterocycles. The van der Waals surface area contributed by atoms with E-state index in [0.29, 0.717) is 5.56 Å². The van der Waals surface area contributed by atoms with Crippen LogP contribution in [-0.2, 0) is 0 Å². The molecule has 0 unspecified atom stereocenters. The molecule has 1 atom stereocenters. The number of nitrogens with zero attached hydrogens (tertiary/aromatic N) is 2. The number of aliphatic hydroxyl groups excluding tert-OH is 1. The topological polar surface area (TPSA) is 85.5 Å². The number of rotatable bonds is 4. The molecule has 1 aromatic heterocycles. The number of para-hydroxylation sites is 2. The van der Waals surface area contributed by atoms with E-state index in [0.717, 1.165) is 0 Å². The van der Waals surface area contributed by atoms with Crippen LogP contribution in [0.25, 0.3) is 0 Å². The minimum absolute atomic E-state index is 0.114. The molecule has 0 aliphatic rings. The molecule has 0 spiro atoms. The van der Waals surface area contributed by atoms with Crippen molar-refractivity contribution >= 4 is 5.69 Å². The number of pyridine rings is 1. The van der Waals surface area contributed by atoms with E-state index >= 15 is 0 Å². The molecular formula is C13H12N2O4. The van der Waals surface area contributed by atoms with Gasteiger partial charge in [-0.1, -0.05) is 12.1 Å². The summed E-state index contributed by atoms with van der Waals surface area (Å²) in [7, 11) is 0. The smallest absolute Gasteiger partial charge is 0.311 e. The number of nitro groups is 1. The first kappa shape index (κ1) is 13.0. The van der Waals surface area contributed by atoms with Gasteiger partial charge in [-0.15, -0.1) is 0 Å². The standard InChI is InChI=1S/C13H12N2O4/c1-9(16)10-6-7-14-13(8-10)19-12-5-3-2-4-11(12)15(17)18/h2-9,16H,1H3/t9-/m0/s1. The highest BCUT2D eigenvalue weighted by Gasteiger charge is 2.15. The Balaban J connectivity index is 2.31. The summed E-state index contributed by atoms with van der Waals surface area (Å²) in [5.41, 5.74) is 0.496. The lowest BCUT2D eigenvalue weighted by atomic mass is 10.2. The minimum Gasteiger partial charge on any atom is -0.432 e. The second-order valence-electron chi connectivity index (χ2n) is 3.93. The first-order valence-electron chi connectivity index (χ1n) is 5.63. The summed E-state index contributed by atoms with van der Waals surface area (Å²) in [6.45, 7) is 1.62. The van der Waals surface area contributed by atoms with Gasteiger partial charge in [0.05, 0.1) is 11.0 Å². The lowest BCUT2D eigenvalue weighted by Gasteiger charge is -2.08. The molecule has 2 aromatic rings. The van der Waals surface area contributed by atoms with Crippen LogP contribution in [0.3, 0.4) is 0 Å². The maximum Gasteiger partial charge on any atom is 0.311 e. The van der Waals surface area contributed by atoms with Crippen LogP contribution in [0.4, 0.5) is 5.69 Å². The van der Waals surface area contributed by atoms with Crippen LogP contribution >= 0.6 is 0 Å². The molecular weight excluding hydrogens is 248 g/mol. The summed E-state index contributed by atoms with van der Waals surface area (Å²) in [5.74, 6) is 0.315. The number of nitro benzene ring substituents is 1. The van der Waals surface area contributed by atoms with Crippen LogP contribution in [0.2, 0.25) is 0 Å². The average molecular weight is 260 g/mol. The molecule has 0 aliphatic carbocycles. The number of hydrogen-bond donors (Lipinski definition) is 1. The van der Waals surface area contributed by atoms with E-state index in [9.17, 15) is 15.2 Å². The Morgan fingerprint density at radius 3 is 2.79 bits per heavy atom. The van der Waals surface area contributed by atoms with Gasteiger partial charge in [0.15, 0.2) is 0 Å². The van der Waals surface area contributed by atoms with Crippen molar-refractivity contribution in [3.05, 3.63) is 58.3 Å². The van der Waals surface area contributed by atoms with Gasteiger partial charge in [0.25, 0.3) is 0 Å². The second-order valence-corrected chi connectivity index (χ2v) is 3.93. The van der Waals surface area contributed by atoms with Gasteiger partial charge in [0.2, 0.25) is 11.6 Å². The maximum absolute atomic E-state index is 10.9. The van der Waals surface area contributed by atoms with Crippen molar-refractivity contribution in [2.45, 2.75) is 13.0 Å². The molecule has 6 heteroatoms. The fourth-order valence-electron chi connectivity index (χ4n) is 1.55. The third-order valence-corrected chi connectivity index (χ3v) is 2.52. The molecule has 0 bridgehead atoms. The van der Waals surface area contributed by atoms with Crippen LogP contribution in [-0.4, -0.2) is 15.0 Å². The van der Waals surface area contributed by atoms with Gasteiger partial charge >= 0.3 is 5.69 Å². The van der Waals surface area contributed by atoms with Gasteiger partial charge in [0.1, 0.15) is 0 Å². The first-order valence-corrected chi connectivity index (χ1v) is 5.63. The van der Waals surface area contributed by atoms with Crippen molar-refractivity contribution in [3.63, 3.8) is 0 Å². The predicted molar refractivity (Wildman–Crippen MR) is 68.0 cm³/mol. The largest absolute Gasteiger partial charge is 0.432 e. The van der Waals surface area contributed by atoms with E-state index in [1.165, 1.54) is 18.3 Å². The van der Waals surface area contributed by atoms with Crippen molar-refractivity contribution < 1.29 is 14.8 Å². The summed E-state index contributed by atoms with van der Waals surface area (Å²) in [4.78, 5) is 14.3. The SMILES string of the molecule is C[C@H](O)c1ccnc(Oc2ccccc2[N+](=O)[O-])c1. The number of benzene rings is 1. The predicted octanol–water partition coefficient (Wildman–Crippen LogP) is 2.84. The van der Waals surface area contributed by atoms with E-state index in [2.05, 4.69) is 4.98 Å². The van der Waals surface area contributed by atoms with Gasteiger partial charge in [-0.05, 0) is 24.6 Å². The molecule has 0 fully saturated rings. The van der Waals surface area contributed by atoms with E-state index in [1.807, 2.05) is 0 Å². The summed E-state index contributed by atoms with van der Waals surface area (Å²) < 4.78 is 5.40. The molecule has 2 rings (SSSR count). The third-order valence-electron chi connectivity index (χ3n) is 2.52. The zero-order valence-electron chi connectivity index (χ0n) is 10.2. The second kappa shape index (κ2) is 5.45. The Morgan fingerprint density at radius 1 is 1.37 bits per heavy atom. The Bertz CT molecular complexity index is 599. The number of aromatic nitrogens is 1. The molecule has 0 amide bonds. The number of aliphatic hydroxyl groups is 1. The molecule has 19 heavy (non-hydrogen) atoms. The van der Waals surface area contributed by atoms with Gasteiger partial charge in [-0.3, -0.25) is 10.1 Å². The van der Waals surface area contributed by atoms with Gasteiger partial charge < -0.3 is 9.84 Å². The van der Waals surface area contributed by atoms with E-state index in [-0.39, 0.29) is 17.3 Å². The first-order chi connectivity index (χ1) is 9.08. The molecule has 98 valence electrons. The molecule has 1 heterocycles. The lowest BCUT2D eigenvalue weighted by molar-refractivity contribution is -0.385. The summed E-state index contributed by atoms with van der Waals surface area (Å²) in [6, 6.07) is 9.24. The number of hydrogen-bond acceptors (Lipinski definition) is 5. The maximum atomic E-state index is 10.9. The van der Waals surface area contributed by atoms with Crippen LogP contribution in [0.1, 0.15) is 18.6 Å². The van der Waals surface area contributed by atoms with Crippen LogP contribution < -0.4 is 4.74 Å². The van der Waals surface area contributed by atoms with Crippen molar-refractivity contribution in [2.75, 3.05) is 0 Å². The average Bonchev–Trinajstić information content (AvgIpc) is 2.39. The van der Waals surface area contributed by atoms with Gasteiger partial charge in [-0.2, -0.15) is 0 Å². The van der Waals surface area contributed by atoms with Crippen LogP contribution in [0, 0.1) is 10.1 Å². The van der Waals surface area contributed by atoms with Crippen molar-refractivity contribution in [1.82, 2.24) is 4.98 Å². The van der Waals surface area contributed by atoms with E-state index < -0.39 is 11.0 Å². The highest BCUT2D eigenvalue weighted by atomic mass is 16.6. The van der Waals surface area contributed by atoms with E-state index in [4.69, 9.17) is 4.74 Å². The van der Waals surface area contributed by atoms with Crippen molar-refractivity contribution in [3.8, 4) is 11.6 Å². The van der Waals surface area contributed by atoms with Crippen LogP contribution in [0.15, 0.2) is 42.6 Å². The molecule has 0 saturated carbocycles. The molecule has 1 aromatic carbocycles. The lowest BCUT2D eigenvalue weighted by Crippen LogP contribution is -1.96. The molecule has 0 radical (unpaired) electrons. The normalized spacial score (nSPS) is 11.9. The summed E-state index contributed by atoms with van der Waals surface area (Å²) >= 11 is 0. The van der Waals surface area contributed by atoms with Gasteiger partial charge in [0, 0.05) is 18.3 Å². The molecule has 1 N–H and O–H groups in total. The fourth-order valence-corrected chi connectivity index (χ4v) is 1.55.